The van der Waals surface area contributed by atoms with E-state index < -0.39 is 0 Å². The second-order valence-electron chi connectivity index (χ2n) is 3.57. The molecule has 0 atom stereocenters. The minimum atomic E-state index is -0.234. The summed E-state index contributed by atoms with van der Waals surface area (Å²) in [6.07, 6.45) is 7.80. The zero-order valence-electron chi connectivity index (χ0n) is 8.02. The second kappa shape index (κ2) is 3.05. The molecule has 0 aliphatic carbocycles. The van der Waals surface area contributed by atoms with E-state index in [1.54, 1.807) is 6.07 Å². The molecule has 2 heterocycles. The lowest BCUT2D eigenvalue weighted by atomic mass is 10.1. The molecular weight excluding hydrogens is 191 g/mol. The van der Waals surface area contributed by atoms with Gasteiger partial charge in [-0.15, -0.1) is 0 Å². The highest BCUT2D eigenvalue weighted by Crippen LogP contribution is 2.28. The molecule has 0 radical (unpaired) electrons. The molecule has 1 aromatic carbocycles. The van der Waals surface area contributed by atoms with Crippen LogP contribution in [0.3, 0.4) is 0 Å². The lowest BCUT2D eigenvalue weighted by molar-refractivity contribution is 0.542. The molecule has 0 saturated carbocycles. The third kappa shape index (κ3) is 1.36. The topological polar surface area (TPSA) is 15.6 Å². The number of nitrogens with zero attached hydrogens (tertiary/aromatic N) is 2. The van der Waals surface area contributed by atoms with E-state index in [2.05, 4.69) is 4.99 Å². The van der Waals surface area contributed by atoms with Crippen LogP contribution in [0.25, 0.3) is 0 Å². The van der Waals surface area contributed by atoms with Gasteiger partial charge in [-0.2, -0.15) is 0 Å². The van der Waals surface area contributed by atoms with E-state index in [0.717, 1.165) is 23.6 Å². The molecule has 0 amide bonds. The van der Waals surface area contributed by atoms with E-state index in [1.807, 2.05) is 29.3 Å². The van der Waals surface area contributed by atoms with Gasteiger partial charge in [-0.05, 0) is 29.8 Å². The number of hydrogen-bond acceptors (Lipinski definition) is 2. The van der Waals surface area contributed by atoms with Crippen LogP contribution in [0.4, 0.5) is 10.1 Å². The van der Waals surface area contributed by atoms with Crippen LogP contribution in [0, 0.1) is 5.82 Å². The maximum atomic E-state index is 13.0. The molecular formula is C12H9FN2. The molecule has 0 aromatic heterocycles. The Kier molecular flexibility index (Phi) is 1.71. The predicted molar refractivity (Wildman–Crippen MR) is 57.3 cm³/mol. The number of amidine groups is 1. The van der Waals surface area contributed by atoms with Crippen LogP contribution in [0.1, 0.15) is 5.56 Å². The lowest BCUT2D eigenvalue weighted by Gasteiger charge is -2.27. The largest absolute Gasteiger partial charge is 0.329 e. The molecule has 0 unspecified atom stereocenters. The summed E-state index contributed by atoms with van der Waals surface area (Å²) in [4.78, 5) is 6.43. The van der Waals surface area contributed by atoms with Gasteiger partial charge in [0.05, 0.1) is 12.2 Å². The minimum absolute atomic E-state index is 0.234. The third-order valence-corrected chi connectivity index (χ3v) is 2.54. The van der Waals surface area contributed by atoms with E-state index >= 15 is 0 Å². The Hall–Kier alpha value is -1.90. The summed E-state index contributed by atoms with van der Waals surface area (Å²) in [5, 5.41) is 0. The van der Waals surface area contributed by atoms with Gasteiger partial charge in [-0.3, -0.25) is 0 Å². The average Bonchev–Trinajstić information content (AvgIpc) is 2.26. The Bertz CT molecular complexity index is 500. The normalized spacial score (nSPS) is 17.1. The first-order valence-electron chi connectivity index (χ1n) is 4.81. The van der Waals surface area contributed by atoms with Crippen LogP contribution in [0.5, 0.6) is 0 Å². The Labute approximate surface area is 87.1 Å². The van der Waals surface area contributed by atoms with Crippen molar-refractivity contribution < 1.29 is 4.39 Å². The number of aliphatic imine (C=N–C) groups is 1. The SMILES string of the molecule is Fc1ccc2c(c1)N=C1C=CC=CN1C2. The summed E-state index contributed by atoms with van der Waals surface area (Å²) in [6, 6.07) is 4.74. The number of fused-ring (bicyclic) bond motifs is 2. The number of halogens is 1. The van der Waals surface area contributed by atoms with Crippen molar-refractivity contribution in [2.75, 3.05) is 0 Å². The molecule has 0 N–H and O–H groups in total. The Morgan fingerprint density at radius 1 is 1.27 bits per heavy atom. The van der Waals surface area contributed by atoms with Gasteiger partial charge in [-0.25, -0.2) is 9.38 Å². The molecule has 2 aliphatic rings. The van der Waals surface area contributed by atoms with E-state index in [4.69, 9.17) is 0 Å². The van der Waals surface area contributed by atoms with Crippen LogP contribution < -0.4 is 0 Å². The maximum Gasteiger partial charge on any atom is 0.133 e. The van der Waals surface area contributed by atoms with Crippen LogP contribution in [-0.4, -0.2) is 10.7 Å². The van der Waals surface area contributed by atoms with Crippen molar-refractivity contribution in [1.82, 2.24) is 4.90 Å². The summed E-state index contributed by atoms with van der Waals surface area (Å²) in [5.41, 5.74) is 1.79. The summed E-state index contributed by atoms with van der Waals surface area (Å²) < 4.78 is 13.0. The maximum absolute atomic E-state index is 13.0. The molecule has 1 aromatic rings. The standard InChI is InChI=1S/C12H9FN2/c13-10-5-4-9-8-15-6-2-1-3-12(15)14-11(9)7-10/h1-7H,8H2. The molecule has 0 saturated heterocycles. The van der Waals surface area contributed by atoms with Crippen molar-refractivity contribution in [3.63, 3.8) is 0 Å². The Balaban J connectivity index is 2.12. The van der Waals surface area contributed by atoms with E-state index in [1.165, 1.54) is 12.1 Å². The lowest BCUT2D eigenvalue weighted by Crippen LogP contribution is -2.27. The van der Waals surface area contributed by atoms with Gasteiger partial charge in [0, 0.05) is 6.20 Å². The second-order valence-corrected chi connectivity index (χ2v) is 3.57. The van der Waals surface area contributed by atoms with Crippen LogP contribution >= 0.6 is 0 Å². The van der Waals surface area contributed by atoms with E-state index in [0.29, 0.717) is 0 Å². The third-order valence-electron chi connectivity index (χ3n) is 2.54. The predicted octanol–water partition coefficient (Wildman–Crippen LogP) is 2.75. The molecule has 15 heavy (non-hydrogen) atoms. The summed E-state index contributed by atoms with van der Waals surface area (Å²) in [7, 11) is 0. The molecule has 74 valence electrons. The Morgan fingerprint density at radius 3 is 3.13 bits per heavy atom. The highest BCUT2D eigenvalue weighted by Gasteiger charge is 2.17. The van der Waals surface area contributed by atoms with Crippen molar-refractivity contribution >= 4 is 11.5 Å². The van der Waals surface area contributed by atoms with Crippen LogP contribution in [0.2, 0.25) is 0 Å². The molecule has 3 heteroatoms. The van der Waals surface area contributed by atoms with Crippen molar-refractivity contribution in [2.45, 2.75) is 6.54 Å². The average molecular weight is 200 g/mol. The van der Waals surface area contributed by atoms with Gasteiger partial charge < -0.3 is 4.90 Å². The minimum Gasteiger partial charge on any atom is -0.329 e. The van der Waals surface area contributed by atoms with Crippen molar-refractivity contribution in [3.8, 4) is 0 Å². The molecule has 0 fully saturated rings. The number of benzene rings is 1. The first-order chi connectivity index (χ1) is 7.33. The first-order valence-corrected chi connectivity index (χ1v) is 4.81. The highest BCUT2D eigenvalue weighted by molar-refractivity contribution is 5.97. The fourth-order valence-electron chi connectivity index (χ4n) is 1.78. The molecule has 2 nitrogen and oxygen atoms in total. The van der Waals surface area contributed by atoms with Crippen molar-refractivity contribution in [1.29, 1.82) is 0 Å². The summed E-state index contributed by atoms with van der Waals surface area (Å²) in [5.74, 6) is 0.637. The number of hydrogen-bond donors (Lipinski definition) is 0. The van der Waals surface area contributed by atoms with E-state index in [-0.39, 0.29) is 5.82 Å². The van der Waals surface area contributed by atoms with Crippen LogP contribution in [0.15, 0.2) is 47.6 Å². The monoisotopic (exact) mass is 200 g/mol. The molecule has 0 spiro atoms. The zero-order valence-corrected chi connectivity index (χ0v) is 8.02. The van der Waals surface area contributed by atoms with Gasteiger partial charge in [0.2, 0.25) is 0 Å². The van der Waals surface area contributed by atoms with Gasteiger partial charge in [-0.1, -0.05) is 12.1 Å². The Morgan fingerprint density at radius 2 is 2.20 bits per heavy atom. The number of rotatable bonds is 0. The van der Waals surface area contributed by atoms with Gasteiger partial charge in [0.1, 0.15) is 11.7 Å². The van der Waals surface area contributed by atoms with Gasteiger partial charge in [0.25, 0.3) is 0 Å². The fraction of sp³-hybridized carbons (Fsp3) is 0.0833. The molecule has 0 bridgehead atoms. The quantitative estimate of drug-likeness (QED) is 0.628. The zero-order chi connectivity index (χ0) is 10.3. The summed E-state index contributed by atoms with van der Waals surface area (Å²) >= 11 is 0. The van der Waals surface area contributed by atoms with Gasteiger partial charge >= 0.3 is 0 Å². The highest BCUT2D eigenvalue weighted by atomic mass is 19.1. The van der Waals surface area contributed by atoms with E-state index in [9.17, 15) is 4.39 Å². The van der Waals surface area contributed by atoms with Gasteiger partial charge in [0.15, 0.2) is 0 Å². The first kappa shape index (κ1) is 8.41. The smallest absolute Gasteiger partial charge is 0.133 e. The van der Waals surface area contributed by atoms with Crippen LogP contribution in [-0.2, 0) is 6.54 Å². The summed E-state index contributed by atoms with van der Waals surface area (Å²) in [6.45, 7) is 0.759. The fourth-order valence-corrected chi connectivity index (χ4v) is 1.78. The number of allylic oxidation sites excluding steroid dienone is 2. The molecule has 3 rings (SSSR count). The van der Waals surface area contributed by atoms with Crippen molar-refractivity contribution in [2.24, 2.45) is 4.99 Å². The van der Waals surface area contributed by atoms with Crippen molar-refractivity contribution in [3.05, 3.63) is 54.0 Å². The molecule has 2 aliphatic heterocycles.